The summed E-state index contributed by atoms with van der Waals surface area (Å²) in [4.78, 5) is 2.19. The number of nitrogens with two attached hydrogens (primary N) is 2. The summed E-state index contributed by atoms with van der Waals surface area (Å²) >= 11 is 0. The van der Waals surface area contributed by atoms with Gasteiger partial charge in [-0.25, -0.2) is 0 Å². The van der Waals surface area contributed by atoms with Crippen molar-refractivity contribution < 1.29 is 0 Å². The summed E-state index contributed by atoms with van der Waals surface area (Å²) in [5, 5.41) is 11.6. The highest BCUT2D eigenvalue weighted by atomic mass is 32.3. The highest BCUT2D eigenvalue weighted by Crippen LogP contribution is 2.57. The van der Waals surface area contributed by atoms with Crippen LogP contribution >= 0.6 is 10.4 Å². The zero-order valence-electron chi connectivity index (χ0n) is 4.87. The zero-order valence-corrected chi connectivity index (χ0v) is 5.69. The lowest BCUT2D eigenvalue weighted by Crippen LogP contribution is -2.17. The molecule has 3 heteroatoms. The number of allylic oxidation sites excluding steroid dienone is 4. The molecule has 0 aromatic carbocycles. The standard InChI is InChI=1S/C6H8N2S/c7-9(8)5-1-2-6(9)4-3-5/h1-4H,7-8H2. The molecular weight excluding hydrogens is 132 g/mol. The maximum absolute atomic E-state index is 5.79. The van der Waals surface area contributed by atoms with Crippen LogP contribution < -0.4 is 10.3 Å². The van der Waals surface area contributed by atoms with E-state index in [4.69, 9.17) is 10.3 Å². The van der Waals surface area contributed by atoms with Crippen LogP contribution in [-0.4, -0.2) is 0 Å². The second kappa shape index (κ2) is 1.31. The van der Waals surface area contributed by atoms with Crippen molar-refractivity contribution in [3.05, 3.63) is 34.1 Å². The molecule has 2 aliphatic rings. The Morgan fingerprint density at radius 3 is 1.56 bits per heavy atom. The van der Waals surface area contributed by atoms with Crippen molar-refractivity contribution >= 4 is 10.4 Å². The molecule has 2 bridgehead atoms. The average molecular weight is 140 g/mol. The first kappa shape index (κ1) is 5.29. The maximum atomic E-state index is 5.79. The van der Waals surface area contributed by atoms with E-state index in [1.54, 1.807) is 0 Å². The molecule has 0 atom stereocenters. The summed E-state index contributed by atoms with van der Waals surface area (Å²) in [5.41, 5.74) is 0. The van der Waals surface area contributed by atoms with Gasteiger partial charge in [0.2, 0.25) is 0 Å². The Balaban J connectivity index is 2.61. The lowest BCUT2D eigenvalue weighted by atomic mass is 10.3. The Morgan fingerprint density at radius 2 is 1.44 bits per heavy atom. The Morgan fingerprint density at radius 1 is 1.00 bits per heavy atom. The van der Waals surface area contributed by atoms with Gasteiger partial charge in [0.1, 0.15) is 0 Å². The van der Waals surface area contributed by atoms with Crippen LogP contribution in [0.4, 0.5) is 0 Å². The minimum Gasteiger partial charge on any atom is -0.276 e. The summed E-state index contributed by atoms with van der Waals surface area (Å²) in [6, 6.07) is 0. The molecule has 0 aliphatic carbocycles. The van der Waals surface area contributed by atoms with Gasteiger partial charge in [0.05, 0.1) is 0 Å². The van der Waals surface area contributed by atoms with Crippen LogP contribution in [0.15, 0.2) is 34.1 Å². The fourth-order valence-corrected chi connectivity index (χ4v) is 2.47. The smallest absolute Gasteiger partial charge is 0.0195 e. The second-order valence-electron chi connectivity index (χ2n) is 2.18. The molecule has 48 valence electrons. The SMILES string of the molecule is NS1(N)C2=CC=C1C=C2. The molecule has 0 spiro atoms. The van der Waals surface area contributed by atoms with Gasteiger partial charge in [-0.1, -0.05) is 10.4 Å². The predicted molar refractivity (Wildman–Crippen MR) is 41.3 cm³/mol. The van der Waals surface area contributed by atoms with Gasteiger partial charge in [-0.15, -0.1) is 0 Å². The molecule has 0 saturated heterocycles. The predicted octanol–water partition coefficient (Wildman–Crippen LogP) is 0.890. The van der Waals surface area contributed by atoms with E-state index < -0.39 is 10.4 Å². The molecule has 0 amide bonds. The molecule has 0 saturated carbocycles. The van der Waals surface area contributed by atoms with E-state index in [-0.39, 0.29) is 0 Å². The topological polar surface area (TPSA) is 52.0 Å². The molecule has 0 radical (unpaired) electrons. The van der Waals surface area contributed by atoms with Crippen molar-refractivity contribution in [1.82, 2.24) is 0 Å². The number of hydrogen-bond acceptors (Lipinski definition) is 2. The number of hydrogen-bond donors (Lipinski definition) is 2. The highest BCUT2D eigenvalue weighted by molar-refractivity contribution is 8.37. The van der Waals surface area contributed by atoms with E-state index in [9.17, 15) is 0 Å². The first-order chi connectivity index (χ1) is 4.21. The van der Waals surface area contributed by atoms with E-state index >= 15 is 0 Å². The Labute approximate surface area is 55.5 Å². The first-order valence-corrected chi connectivity index (χ1v) is 4.46. The quantitative estimate of drug-likeness (QED) is 0.525. The van der Waals surface area contributed by atoms with Crippen molar-refractivity contribution in [2.75, 3.05) is 0 Å². The van der Waals surface area contributed by atoms with Gasteiger partial charge in [-0.3, -0.25) is 10.3 Å². The summed E-state index contributed by atoms with van der Waals surface area (Å²) in [6.07, 6.45) is 7.96. The molecule has 0 unspecified atom stereocenters. The van der Waals surface area contributed by atoms with Crippen molar-refractivity contribution in [3.63, 3.8) is 0 Å². The third-order valence-corrected chi connectivity index (χ3v) is 3.71. The second-order valence-corrected chi connectivity index (χ2v) is 4.54. The largest absolute Gasteiger partial charge is 0.276 e. The molecular formula is C6H8N2S. The molecule has 2 aliphatic heterocycles. The third kappa shape index (κ3) is 0.489. The van der Waals surface area contributed by atoms with Crippen molar-refractivity contribution in [3.8, 4) is 0 Å². The fraction of sp³-hybridized carbons (Fsp3) is 0. The maximum Gasteiger partial charge on any atom is 0.0195 e. The van der Waals surface area contributed by atoms with Crippen molar-refractivity contribution in [2.24, 2.45) is 10.3 Å². The van der Waals surface area contributed by atoms with E-state index in [0.717, 1.165) is 9.81 Å². The summed E-state index contributed by atoms with van der Waals surface area (Å²) in [6.45, 7) is 0. The Hall–Kier alpha value is -0.510. The lowest BCUT2D eigenvalue weighted by Gasteiger charge is -2.24. The third-order valence-electron chi connectivity index (χ3n) is 1.60. The molecule has 0 fully saturated rings. The van der Waals surface area contributed by atoms with E-state index in [1.165, 1.54) is 0 Å². The molecule has 0 aromatic rings. The summed E-state index contributed by atoms with van der Waals surface area (Å²) in [7, 11) is -1.48. The minimum absolute atomic E-state index is 1.09. The van der Waals surface area contributed by atoms with Crippen LogP contribution in [-0.2, 0) is 0 Å². The Bertz CT molecular complexity index is 224. The summed E-state index contributed by atoms with van der Waals surface area (Å²) in [5.74, 6) is 0. The van der Waals surface area contributed by atoms with Crippen molar-refractivity contribution in [2.45, 2.75) is 0 Å². The van der Waals surface area contributed by atoms with Gasteiger partial charge in [0.15, 0.2) is 0 Å². The van der Waals surface area contributed by atoms with Crippen LogP contribution in [0.2, 0.25) is 0 Å². The molecule has 4 N–H and O–H groups in total. The van der Waals surface area contributed by atoms with Crippen LogP contribution in [0.3, 0.4) is 0 Å². The van der Waals surface area contributed by atoms with Gasteiger partial charge in [0, 0.05) is 9.81 Å². The monoisotopic (exact) mass is 140 g/mol. The van der Waals surface area contributed by atoms with Gasteiger partial charge < -0.3 is 0 Å². The van der Waals surface area contributed by atoms with Crippen LogP contribution in [0.1, 0.15) is 0 Å². The summed E-state index contributed by atoms with van der Waals surface area (Å²) < 4.78 is 0. The normalized spacial score (nSPS) is 30.0. The molecule has 2 rings (SSSR count). The van der Waals surface area contributed by atoms with Crippen LogP contribution in [0.25, 0.3) is 0 Å². The van der Waals surface area contributed by atoms with Gasteiger partial charge >= 0.3 is 0 Å². The van der Waals surface area contributed by atoms with E-state index in [0.29, 0.717) is 0 Å². The lowest BCUT2D eigenvalue weighted by molar-refractivity contribution is 1.77. The van der Waals surface area contributed by atoms with Gasteiger partial charge in [-0.05, 0) is 24.3 Å². The van der Waals surface area contributed by atoms with Gasteiger partial charge in [0.25, 0.3) is 0 Å². The molecule has 2 heterocycles. The highest BCUT2D eigenvalue weighted by Gasteiger charge is 2.28. The fourth-order valence-electron chi connectivity index (χ4n) is 1.03. The number of fused-ring (bicyclic) bond motifs is 2. The molecule has 2 nitrogen and oxygen atoms in total. The van der Waals surface area contributed by atoms with Crippen molar-refractivity contribution in [1.29, 1.82) is 0 Å². The first-order valence-electron chi connectivity index (χ1n) is 2.70. The molecule has 9 heavy (non-hydrogen) atoms. The van der Waals surface area contributed by atoms with E-state index in [2.05, 4.69) is 0 Å². The minimum atomic E-state index is -1.48. The van der Waals surface area contributed by atoms with E-state index in [1.807, 2.05) is 24.3 Å². The van der Waals surface area contributed by atoms with Gasteiger partial charge in [-0.2, -0.15) is 0 Å². The Kier molecular flexibility index (Phi) is 0.773. The zero-order chi connectivity index (χ0) is 6.48. The number of rotatable bonds is 0. The molecule has 0 aromatic heterocycles. The van der Waals surface area contributed by atoms with Crippen LogP contribution in [0, 0.1) is 0 Å². The average Bonchev–Trinajstić information content (AvgIpc) is 2.24. The van der Waals surface area contributed by atoms with Crippen LogP contribution in [0.5, 0.6) is 0 Å².